The molecule has 1 rings (SSSR count). The van der Waals surface area contributed by atoms with E-state index in [-0.39, 0.29) is 11.8 Å². The fourth-order valence-electron chi connectivity index (χ4n) is 2.18. The van der Waals surface area contributed by atoms with Crippen LogP contribution in [0.4, 0.5) is 0 Å². The summed E-state index contributed by atoms with van der Waals surface area (Å²) in [5.74, 6) is 0.342. The minimum atomic E-state index is -3.37. The number of sulfonamides is 1. The highest BCUT2D eigenvalue weighted by Gasteiger charge is 2.11. The predicted molar refractivity (Wildman–Crippen MR) is 125 cm³/mol. The van der Waals surface area contributed by atoms with Gasteiger partial charge in [0.05, 0.1) is 32.2 Å². The maximum absolute atomic E-state index is 11.0. The van der Waals surface area contributed by atoms with Gasteiger partial charge in [0.2, 0.25) is 15.9 Å². The number of nitrogens with zero attached hydrogens (tertiary/aromatic N) is 1. The number of ketones is 1. The Morgan fingerprint density at radius 1 is 0.968 bits per heavy atom. The van der Waals surface area contributed by atoms with Crippen LogP contribution in [0.15, 0.2) is 0 Å². The summed E-state index contributed by atoms with van der Waals surface area (Å²) in [7, 11) is -3.37. The first-order chi connectivity index (χ1) is 14.2. The molecule has 1 N–H and O–H groups in total. The number of amides is 1. The van der Waals surface area contributed by atoms with Gasteiger partial charge in [0.1, 0.15) is 5.78 Å². The normalized spacial score (nSPS) is 14.7. The second-order valence-electron chi connectivity index (χ2n) is 8.99. The number of carbonyl (C=O) groups is 2. The van der Waals surface area contributed by atoms with Crippen LogP contribution < -0.4 is 4.72 Å². The minimum Gasteiger partial charge on any atom is -0.379 e. The molecular weight excluding hydrogens is 420 g/mol. The van der Waals surface area contributed by atoms with Gasteiger partial charge in [-0.1, -0.05) is 41.5 Å². The molecule has 9 heteroatoms. The van der Waals surface area contributed by atoms with E-state index in [1.807, 2.05) is 18.6 Å². The van der Waals surface area contributed by atoms with Crippen LogP contribution >= 0.6 is 0 Å². The largest absolute Gasteiger partial charge is 0.379 e. The van der Waals surface area contributed by atoms with Crippen LogP contribution in [0.2, 0.25) is 0 Å². The van der Waals surface area contributed by atoms with E-state index in [1.165, 1.54) is 0 Å². The summed E-state index contributed by atoms with van der Waals surface area (Å²) >= 11 is 0. The Morgan fingerprint density at radius 3 is 1.77 bits per heavy atom. The van der Waals surface area contributed by atoms with Crippen molar-refractivity contribution in [3.8, 4) is 0 Å². The van der Waals surface area contributed by atoms with Gasteiger partial charge in [0.25, 0.3) is 0 Å². The lowest BCUT2D eigenvalue weighted by atomic mass is 9.99. The van der Waals surface area contributed by atoms with Crippen LogP contribution in [0.5, 0.6) is 0 Å². The van der Waals surface area contributed by atoms with E-state index in [1.54, 1.807) is 13.8 Å². The van der Waals surface area contributed by atoms with E-state index in [0.717, 1.165) is 52.1 Å². The maximum atomic E-state index is 11.0. The first-order valence-corrected chi connectivity index (χ1v) is 13.0. The fourth-order valence-corrected chi connectivity index (χ4v) is 2.78. The van der Waals surface area contributed by atoms with Gasteiger partial charge in [0, 0.05) is 37.9 Å². The van der Waals surface area contributed by atoms with Gasteiger partial charge in [0.15, 0.2) is 0 Å². The van der Waals surface area contributed by atoms with Crippen molar-refractivity contribution in [3.63, 3.8) is 0 Å². The quantitative estimate of drug-likeness (QED) is 0.557. The molecule has 0 aromatic heterocycles. The second-order valence-corrected chi connectivity index (χ2v) is 10.7. The van der Waals surface area contributed by atoms with Crippen LogP contribution in [0, 0.1) is 17.8 Å². The second kappa shape index (κ2) is 17.5. The lowest BCUT2D eigenvalue weighted by Crippen LogP contribution is -2.38. The molecular formula is C22H46N2O6S. The summed E-state index contributed by atoms with van der Waals surface area (Å²) < 4.78 is 33.4. The molecule has 0 spiro atoms. The smallest absolute Gasteiger partial charge is 0.235 e. The monoisotopic (exact) mass is 466 g/mol. The minimum absolute atomic E-state index is 0.215. The average molecular weight is 467 g/mol. The molecule has 0 bridgehead atoms. The van der Waals surface area contributed by atoms with Gasteiger partial charge in [-0.25, -0.2) is 8.42 Å². The summed E-state index contributed by atoms with van der Waals surface area (Å²) in [6.07, 6.45) is 2.04. The summed E-state index contributed by atoms with van der Waals surface area (Å²) in [5.41, 5.74) is 0. The third-order valence-electron chi connectivity index (χ3n) is 4.03. The van der Waals surface area contributed by atoms with Gasteiger partial charge < -0.3 is 9.47 Å². The number of hydrogen-bond acceptors (Lipinski definition) is 7. The number of nitrogens with one attached hydrogen (secondary N) is 1. The van der Waals surface area contributed by atoms with Gasteiger partial charge >= 0.3 is 0 Å². The fraction of sp³-hybridized carbons (Fsp3) is 0.909. The van der Waals surface area contributed by atoms with Crippen molar-refractivity contribution in [2.45, 2.75) is 67.9 Å². The first kappa shape index (κ1) is 32.2. The zero-order chi connectivity index (χ0) is 24.6. The van der Waals surface area contributed by atoms with Crippen molar-refractivity contribution in [3.05, 3.63) is 0 Å². The average Bonchev–Trinajstić information content (AvgIpc) is 2.61. The number of rotatable bonds is 9. The highest BCUT2D eigenvalue weighted by Crippen LogP contribution is 2.06. The molecule has 1 heterocycles. The van der Waals surface area contributed by atoms with E-state index in [9.17, 15) is 18.0 Å². The topological polar surface area (TPSA) is 102 Å². The maximum Gasteiger partial charge on any atom is 0.235 e. The van der Waals surface area contributed by atoms with Crippen molar-refractivity contribution in [2.24, 2.45) is 17.8 Å². The molecule has 8 nitrogen and oxygen atoms in total. The van der Waals surface area contributed by atoms with E-state index in [2.05, 4.69) is 32.6 Å². The molecule has 31 heavy (non-hydrogen) atoms. The number of morpholine rings is 1. The predicted octanol–water partition coefficient (Wildman–Crippen LogP) is 2.72. The molecule has 0 radical (unpaired) electrons. The van der Waals surface area contributed by atoms with Gasteiger partial charge in [-0.15, -0.1) is 0 Å². The van der Waals surface area contributed by atoms with Crippen molar-refractivity contribution in [2.75, 3.05) is 45.7 Å². The Balaban J connectivity index is 0. The lowest BCUT2D eigenvalue weighted by Gasteiger charge is -2.26. The Morgan fingerprint density at radius 2 is 1.48 bits per heavy atom. The third-order valence-corrected chi connectivity index (χ3v) is 4.60. The van der Waals surface area contributed by atoms with Crippen LogP contribution in [0.3, 0.4) is 0 Å². The molecule has 1 saturated heterocycles. The molecule has 0 atom stereocenters. The Hall–Kier alpha value is -1.03. The molecule has 0 saturated carbocycles. The molecule has 1 fully saturated rings. The summed E-state index contributed by atoms with van der Waals surface area (Å²) in [6, 6.07) is 0. The highest BCUT2D eigenvalue weighted by atomic mass is 32.2. The molecule has 1 aliphatic heterocycles. The first-order valence-electron chi connectivity index (χ1n) is 11.1. The van der Waals surface area contributed by atoms with E-state index >= 15 is 0 Å². The van der Waals surface area contributed by atoms with E-state index in [4.69, 9.17) is 9.47 Å². The third kappa shape index (κ3) is 23.5. The van der Waals surface area contributed by atoms with E-state index in [0.29, 0.717) is 17.8 Å². The van der Waals surface area contributed by atoms with Gasteiger partial charge in [-0.05, 0) is 19.8 Å². The van der Waals surface area contributed by atoms with Gasteiger partial charge in [-0.3, -0.25) is 19.2 Å². The molecule has 1 aliphatic rings. The Labute approximate surface area is 190 Å². The molecule has 0 aromatic rings. The van der Waals surface area contributed by atoms with Crippen molar-refractivity contribution < 1.29 is 27.5 Å². The van der Waals surface area contributed by atoms with Gasteiger partial charge in [-0.2, -0.15) is 0 Å². The zero-order valence-electron chi connectivity index (χ0n) is 21.1. The standard InChI is InChI=1S/C9H19NO2.C8H16O.C5H11NO3S/c1-9(2)12-8-5-10-3-6-11-7-4-10;1-6(2)5-8(9)7(3)4;1-4(2)5(7)6-10(3,8)9/h9H,3-8H2,1-2H3;6-7H,5H2,1-4H3;4H,1-3H3,(H,6,7). The van der Waals surface area contributed by atoms with Crippen LogP contribution in [-0.2, 0) is 29.1 Å². The highest BCUT2D eigenvalue weighted by molar-refractivity contribution is 7.89. The molecule has 0 aliphatic carbocycles. The SMILES string of the molecule is CC(C)C(=O)NS(C)(=O)=O.CC(C)CC(=O)C(C)C.CC(C)OCCN1CCOCC1. The molecule has 186 valence electrons. The molecule has 0 unspecified atom stereocenters. The molecule has 1 amide bonds. The molecule has 0 aromatic carbocycles. The zero-order valence-corrected chi connectivity index (χ0v) is 21.9. The Kier molecular flexibility index (Phi) is 18.2. The van der Waals surface area contributed by atoms with Crippen LogP contribution in [0.25, 0.3) is 0 Å². The number of hydrogen-bond donors (Lipinski definition) is 1. The van der Waals surface area contributed by atoms with Crippen LogP contribution in [-0.4, -0.2) is 76.8 Å². The summed E-state index contributed by atoms with van der Waals surface area (Å²) in [6.45, 7) is 21.2. The number of ether oxygens (including phenoxy) is 2. The number of carbonyl (C=O) groups excluding carboxylic acids is 2. The number of Topliss-reactive ketones (excluding diaryl/α,β-unsaturated/α-hetero) is 1. The van der Waals surface area contributed by atoms with Crippen molar-refractivity contribution >= 4 is 21.7 Å². The summed E-state index contributed by atoms with van der Waals surface area (Å²) in [5, 5.41) is 0. The lowest BCUT2D eigenvalue weighted by molar-refractivity contribution is -0.123. The van der Waals surface area contributed by atoms with E-state index < -0.39 is 15.9 Å². The summed E-state index contributed by atoms with van der Waals surface area (Å²) in [4.78, 5) is 24.0. The van der Waals surface area contributed by atoms with Crippen molar-refractivity contribution in [1.29, 1.82) is 0 Å². The van der Waals surface area contributed by atoms with Crippen molar-refractivity contribution in [1.82, 2.24) is 9.62 Å². The Bertz CT molecular complexity index is 583. The van der Waals surface area contributed by atoms with Crippen LogP contribution in [0.1, 0.15) is 61.8 Å².